The van der Waals surface area contributed by atoms with Crippen molar-refractivity contribution in [2.24, 2.45) is 0 Å². The molecule has 0 unspecified atom stereocenters. The summed E-state index contributed by atoms with van der Waals surface area (Å²) in [5, 5.41) is 3.33. The fourth-order valence-electron chi connectivity index (χ4n) is 2.22. The number of nitrogens with two attached hydrogens (primary N) is 1. The number of nitrogens with one attached hydrogen (secondary N) is 1. The van der Waals surface area contributed by atoms with Crippen LogP contribution in [-0.2, 0) is 0 Å². The number of oxazole rings is 1. The molecular weight excluding hydrogens is 288 g/mol. The predicted molar refractivity (Wildman–Crippen MR) is 82.7 cm³/mol. The van der Waals surface area contributed by atoms with E-state index in [1.807, 2.05) is 19.1 Å². The van der Waals surface area contributed by atoms with E-state index in [0.29, 0.717) is 22.4 Å². The van der Waals surface area contributed by atoms with Gasteiger partial charge in [-0.2, -0.15) is 0 Å². The molecule has 0 saturated carbocycles. The molecule has 0 saturated heterocycles. The summed E-state index contributed by atoms with van der Waals surface area (Å²) in [6.07, 6.45) is 0. The summed E-state index contributed by atoms with van der Waals surface area (Å²) in [4.78, 5) is 20.6. The first-order chi connectivity index (χ1) is 9.94. The van der Waals surface area contributed by atoms with Gasteiger partial charge in [0.1, 0.15) is 0 Å². The third kappa shape index (κ3) is 2.47. The highest BCUT2D eigenvalue weighted by Gasteiger charge is 2.17. The maximum absolute atomic E-state index is 12.2. The summed E-state index contributed by atoms with van der Waals surface area (Å²) < 4.78 is 6.26. The van der Waals surface area contributed by atoms with Gasteiger partial charge in [-0.3, -0.25) is 4.79 Å². The van der Waals surface area contributed by atoms with E-state index in [0.717, 1.165) is 15.8 Å². The SMILES string of the molecule is Cc1nc(C)c(C(=O)Nc2cc(C)c3nc(N)sc3c2)o1. The molecule has 0 aliphatic carbocycles. The molecule has 0 aliphatic heterocycles. The van der Waals surface area contributed by atoms with Gasteiger partial charge in [0.25, 0.3) is 5.91 Å². The Morgan fingerprint density at radius 1 is 1.29 bits per heavy atom. The van der Waals surface area contributed by atoms with Crippen LogP contribution in [0.25, 0.3) is 10.2 Å². The number of anilines is 2. The van der Waals surface area contributed by atoms with Crippen molar-refractivity contribution in [2.75, 3.05) is 11.1 Å². The molecule has 6 nitrogen and oxygen atoms in total. The summed E-state index contributed by atoms with van der Waals surface area (Å²) in [5.41, 5.74) is 8.80. The lowest BCUT2D eigenvalue weighted by Crippen LogP contribution is -2.12. The molecule has 0 atom stereocenters. The molecule has 21 heavy (non-hydrogen) atoms. The Morgan fingerprint density at radius 3 is 2.71 bits per heavy atom. The van der Waals surface area contributed by atoms with Crippen LogP contribution in [0.1, 0.15) is 27.7 Å². The fraction of sp³-hybridized carbons (Fsp3) is 0.214. The number of thiazole rings is 1. The van der Waals surface area contributed by atoms with Crippen LogP contribution in [0.3, 0.4) is 0 Å². The first-order valence-electron chi connectivity index (χ1n) is 6.36. The smallest absolute Gasteiger partial charge is 0.293 e. The number of aryl methyl sites for hydroxylation is 3. The van der Waals surface area contributed by atoms with Crippen molar-refractivity contribution in [2.45, 2.75) is 20.8 Å². The van der Waals surface area contributed by atoms with Gasteiger partial charge >= 0.3 is 0 Å². The lowest BCUT2D eigenvalue weighted by molar-refractivity contribution is 0.0994. The number of nitrogens with zero attached hydrogens (tertiary/aromatic N) is 2. The summed E-state index contributed by atoms with van der Waals surface area (Å²) in [6.45, 7) is 5.38. The highest BCUT2D eigenvalue weighted by molar-refractivity contribution is 7.22. The van der Waals surface area contributed by atoms with Gasteiger partial charge < -0.3 is 15.5 Å². The molecule has 108 valence electrons. The average molecular weight is 302 g/mol. The first kappa shape index (κ1) is 13.6. The zero-order valence-electron chi connectivity index (χ0n) is 11.9. The van der Waals surface area contributed by atoms with E-state index in [1.165, 1.54) is 11.3 Å². The second kappa shape index (κ2) is 4.85. The van der Waals surface area contributed by atoms with Crippen LogP contribution >= 0.6 is 11.3 Å². The second-order valence-electron chi connectivity index (χ2n) is 4.79. The Kier molecular flexibility index (Phi) is 3.13. The molecule has 0 spiro atoms. The largest absolute Gasteiger partial charge is 0.436 e. The topological polar surface area (TPSA) is 94.0 Å². The Labute approximate surface area is 125 Å². The summed E-state index contributed by atoms with van der Waals surface area (Å²) >= 11 is 1.39. The van der Waals surface area contributed by atoms with Crippen LogP contribution in [0.2, 0.25) is 0 Å². The number of carbonyl (C=O) groups is 1. The van der Waals surface area contributed by atoms with Crippen molar-refractivity contribution in [3.05, 3.63) is 35.0 Å². The van der Waals surface area contributed by atoms with Gasteiger partial charge in [-0.15, -0.1) is 0 Å². The molecule has 2 heterocycles. The van der Waals surface area contributed by atoms with E-state index < -0.39 is 0 Å². The normalized spacial score (nSPS) is 11.0. The highest BCUT2D eigenvalue weighted by Crippen LogP contribution is 2.29. The minimum atomic E-state index is -0.315. The van der Waals surface area contributed by atoms with Gasteiger partial charge in [0.05, 0.1) is 15.9 Å². The third-order valence-corrected chi connectivity index (χ3v) is 3.90. The van der Waals surface area contributed by atoms with Crippen molar-refractivity contribution in [1.29, 1.82) is 0 Å². The van der Waals surface area contributed by atoms with Gasteiger partial charge in [0, 0.05) is 12.6 Å². The monoisotopic (exact) mass is 302 g/mol. The molecule has 2 aromatic heterocycles. The maximum Gasteiger partial charge on any atom is 0.293 e. The first-order valence-corrected chi connectivity index (χ1v) is 7.17. The zero-order valence-corrected chi connectivity index (χ0v) is 12.7. The van der Waals surface area contributed by atoms with Crippen molar-refractivity contribution < 1.29 is 9.21 Å². The Hall–Kier alpha value is -2.41. The summed E-state index contributed by atoms with van der Waals surface area (Å²) in [5.74, 6) is 0.387. The van der Waals surface area contributed by atoms with Crippen LogP contribution in [0, 0.1) is 20.8 Å². The quantitative estimate of drug-likeness (QED) is 0.758. The lowest BCUT2D eigenvalue weighted by Gasteiger charge is -2.05. The number of nitrogen functional groups attached to an aromatic ring is 1. The summed E-state index contributed by atoms with van der Waals surface area (Å²) in [6, 6.07) is 3.71. The van der Waals surface area contributed by atoms with Gasteiger partial charge in [0.2, 0.25) is 5.76 Å². The van der Waals surface area contributed by atoms with Gasteiger partial charge in [0.15, 0.2) is 11.0 Å². The number of fused-ring (bicyclic) bond motifs is 1. The highest BCUT2D eigenvalue weighted by atomic mass is 32.1. The standard InChI is InChI=1S/C14H14N4O2S/c1-6-4-9(5-10-11(6)18-14(15)21-10)17-13(19)12-7(2)16-8(3)20-12/h4-5H,1-3H3,(H2,15,18)(H,17,19). The van der Waals surface area contributed by atoms with Crippen molar-refractivity contribution in [3.63, 3.8) is 0 Å². The Bertz CT molecular complexity index is 850. The van der Waals surface area contributed by atoms with Gasteiger partial charge in [-0.1, -0.05) is 11.3 Å². The van der Waals surface area contributed by atoms with E-state index in [-0.39, 0.29) is 11.7 Å². The molecule has 0 fully saturated rings. The minimum Gasteiger partial charge on any atom is -0.436 e. The second-order valence-corrected chi connectivity index (χ2v) is 5.86. The average Bonchev–Trinajstić information content (AvgIpc) is 2.91. The van der Waals surface area contributed by atoms with E-state index in [4.69, 9.17) is 10.2 Å². The maximum atomic E-state index is 12.2. The third-order valence-electron chi connectivity index (χ3n) is 3.07. The fourth-order valence-corrected chi connectivity index (χ4v) is 3.07. The number of amides is 1. The molecule has 0 aliphatic rings. The van der Waals surface area contributed by atoms with Crippen molar-refractivity contribution >= 4 is 38.3 Å². The Morgan fingerprint density at radius 2 is 2.05 bits per heavy atom. The van der Waals surface area contributed by atoms with Crippen molar-refractivity contribution in [3.8, 4) is 0 Å². The van der Waals surface area contributed by atoms with Crippen LogP contribution < -0.4 is 11.1 Å². The molecule has 1 aromatic carbocycles. The predicted octanol–water partition coefficient (Wildman–Crippen LogP) is 3.04. The minimum absolute atomic E-state index is 0.231. The number of carbonyl (C=O) groups excluding carboxylic acids is 1. The van der Waals surface area contributed by atoms with Crippen LogP contribution in [0.5, 0.6) is 0 Å². The molecule has 3 N–H and O–H groups in total. The Balaban J connectivity index is 1.94. The molecule has 0 radical (unpaired) electrons. The lowest BCUT2D eigenvalue weighted by atomic mass is 10.2. The molecular formula is C14H14N4O2S. The van der Waals surface area contributed by atoms with Crippen LogP contribution in [-0.4, -0.2) is 15.9 Å². The molecule has 0 bridgehead atoms. The number of hydrogen-bond acceptors (Lipinski definition) is 6. The van der Waals surface area contributed by atoms with E-state index in [2.05, 4.69) is 15.3 Å². The van der Waals surface area contributed by atoms with Crippen LogP contribution in [0.15, 0.2) is 16.5 Å². The summed E-state index contributed by atoms with van der Waals surface area (Å²) in [7, 11) is 0. The van der Waals surface area contributed by atoms with Crippen molar-refractivity contribution in [1.82, 2.24) is 9.97 Å². The van der Waals surface area contributed by atoms with E-state index >= 15 is 0 Å². The number of benzene rings is 1. The molecule has 3 aromatic rings. The molecule has 1 amide bonds. The van der Waals surface area contributed by atoms with E-state index in [1.54, 1.807) is 13.8 Å². The number of aromatic nitrogens is 2. The zero-order chi connectivity index (χ0) is 15.1. The van der Waals surface area contributed by atoms with Gasteiger partial charge in [-0.05, 0) is 31.5 Å². The van der Waals surface area contributed by atoms with Gasteiger partial charge in [-0.25, -0.2) is 9.97 Å². The molecule has 3 rings (SSSR count). The number of hydrogen-bond donors (Lipinski definition) is 2. The number of rotatable bonds is 2. The van der Waals surface area contributed by atoms with E-state index in [9.17, 15) is 4.79 Å². The molecule has 7 heteroatoms. The van der Waals surface area contributed by atoms with Crippen LogP contribution in [0.4, 0.5) is 10.8 Å².